The maximum absolute atomic E-state index is 10.9. The first-order chi connectivity index (χ1) is 7.24. The molecule has 0 spiro atoms. The van der Waals surface area contributed by atoms with Crippen LogP contribution in [-0.2, 0) is 0 Å². The van der Waals surface area contributed by atoms with E-state index in [1.807, 2.05) is 12.1 Å². The lowest BCUT2D eigenvalue weighted by Gasteiger charge is -2.02. The molecule has 0 aliphatic heterocycles. The van der Waals surface area contributed by atoms with Gasteiger partial charge in [0, 0.05) is 0 Å². The molecule has 0 N–H and O–H groups in total. The largest absolute Gasteiger partial charge is 0.872 e. The minimum Gasteiger partial charge on any atom is -0.872 e. The van der Waals surface area contributed by atoms with Crippen LogP contribution < -0.4 is 15.7 Å². The van der Waals surface area contributed by atoms with Gasteiger partial charge in [0.1, 0.15) is 0 Å². The van der Waals surface area contributed by atoms with Gasteiger partial charge < -0.3 is 5.11 Å². The molecule has 0 aliphatic rings. The molecule has 0 amide bonds. The highest BCUT2D eigenvalue weighted by Crippen LogP contribution is 2.12. The Balaban J connectivity index is 2.15. The van der Waals surface area contributed by atoms with E-state index in [1.165, 1.54) is 16.2 Å². The topological polar surface area (TPSA) is 23.1 Å². The van der Waals surface area contributed by atoms with Crippen molar-refractivity contribution in [3.63, 3.8) is 0 Å². The van der Waals surface area contributed by atoms with Gasteiger partial charge in [-0.25, -0.2) is 0 Å². The third-order valence-electron chi connectivity index (χ3n) is 2.29. The lowest BCUT2D eigenvalue weighted by molar-refractivity contribution is -0.268. The second-order valence-electron chi connectivity index (χ2n) is 3.62. The van der Waals surface area contributed by atoms with Crippen molar-refractivity contribution in [1.82, 2.24) is 0 Å². The molecule has 1 atom stereocenters. The van der Waals surface area contributed by atoms with E-state index in [1.54, 1.807) is 12.1 Å². The van der Waals surface area contributed by atoms with Gasteiger partial charge >= 0.3 is 0 Å². The van der Waals surface area contributed by atoms with Gasteiger partial charge in [-0.15, -0.1) is 5.75 Å². The summed E-state index contributed by atoms with van der Waals surface area (Å²) in [5, 5.41) is 13.6. The fourth-order valence-electron chi connectivity index (χ4n) is 1.42. The molecule has 2 aromatic rings. The summed E-state index contributed by atoms with van der Waals surface area (Å²) in [5.74, 6) is 0.0852. The fourth-order valence-corrected chi connectivity index (χ4v) is 2.57. The molecule has 0 heterocycles. The fraction of sp³-hybridized carbons (Fsp3) is 0.0769. The van der Waals surface area contributed by atoms with E-state index < -0.39 is 0 Å². The van der Waals surface area contributed by atoms with Gasteiger partial charge in [-0.2, -0.15) is 0 Å². The summed E-state index contributed by atoms with van der Waals surface area (Å²) in [4.78, 5) is 0. The smallest absolute Gasteiger partial charge is 0.0942 e. The Labute approximate surface area is 91.6 Å². The molecular weight excluding hydrogens is 203 g/mol. The average Bonchev–Trinajstić information content (AvgIpc) is 2.25. The maximum Gasteiger partial charge on any atom is 0.0942 e. The molecule has 0 fully saturated rings. The van der Waals surface area contributed by atoms with Crippen LogP contribution in [-0.4, -0.2) is 0 Å². The van der Waals surface area contributed by atoms with E-state index in [0.29, 0.717) is 0 Å². The van der Waals surface area contributed by atoms with Crippen molar-refractivity contribution in [3.8, 4) is 5.75 Å². The van der Waals surface area contributed by atoms with Gasteiger partial charge in [-0.3, -0.25) is 0 Å². The minimum atomic E-state index is 0.0852. The van der Waals surface area contributed by atoms with Crippen molar-refractivity contribution in [2.75, 3.05) is 0 Å². The molecule has 1 nitrogen and oxygen atoms in total. The van der Waals surface area contributed by atoms with Gasteiger partial charge in [-0.05, 0) is 31.2 Å². The molecule has 0 aromatic heterocycles. The van der Waals surface area contributed by atoms with Crippen molar-refractivity contribution in [1.29, 1.82) is 0 Å². The van der Waals surface area contributed by atoms with Crippen molar-refractivity contribution in [2.24, 2.45) is 0 Å². The zero-order valence-corrected chi connectivity index (χ0v) is 9.76. The summed E-state index contributed by atoms with van der Waals surface area (Å²) in [6.45, 7) is 2.09. The number of hydrogen-bond donors (Lipinski definition) is 0. The van der Waals surface area contributed by atoms with Gasteiger partial charge in [0.25, 0.3) is 0 Å². The zero-order valence-electron chi connectivity index (χ0n) is 8.60. The average molecular weight is 216 g/mol. The summed E-state index contributed by atoms with van der Waals surface area (Å²) in [6.07, 6.45) is 0. The molecule has 76 valence electrons. The first-order valence-electron chi connectivity index (χ1n) is 4.92. The van der Waals surface area contributed by atoms with E-state index in [2.05, 4.69) is 31.2 Å². The molecule has 2 aromatic carbocycles. The van der Waals surface area contributed by atoms with Crippen LogP contribution >= 0.6 is 8.58 Å². The van der Waals surface area contributed by atoms with Gasteiger partial charge in [0.2, 0.25) is 0 Å². The number of aryl methyl sites for hydroxylation is 1. The molecule has 2 rings (SSSR count). The third kappa shape index (κ3) is 2.81. The normalized spacial score (nSPS) is 11.0. The molecule has 0 aliphatic carbocycles. The van der Waals surface area contributed by atoms with Crippen molar-refractivity contribution >= 4 is 19.2 Å². The number of benzene rings is 2. The zero-order chi connectivity index (χ0) is 10.7. The monoisotopic (exact) mass is 216 g/mol. The Bertz CT molecular complexity index is 388. The van der Waals surface area contributed by atoms with E-state index >= 15 is 0 Å². The van der Waals surface area contributed by atoms with Crippen molar-refractivity contribution in [3.05, 3.63) is 54.1 Å². The van der Waals surface area contributed by atoms with Crippen LogP contribution in [0.4, 0.5) is 0 Å². The molecule has 2 heteroatoms. The summed E-state index contributed by atoms with van der Waals surface area (Å²) in [6, 6.07) is 15.7. The highest BCUT2D eigenvalue weighted by molar-refractivity contribution is 7.55. The van der Waals surface area contributed by atoms with Crippen LogP contribution in [0.15, 0.2) is 48.5 Å². The second-order valence-corrected chi connectivity index (χ2v) is 5.25. The van der Waals surface area contributed by atoms with E-state index in [9.17, 15) is 5.11 Å². The maximum atomic E-state index is 10.9. The van der Waals surface area contributed by atoms with Gasteiger partial charge in [0.05, 0.1) is 19.2 Å². The van der Waals surface area contributed by atoms with Crippen LogP contribution in [0.3, 0.4) is 0 Å². The third-order valence-corrected chi connectivity index (χ3v) is 3.73. The van der Waals surface area contributed by atoms with E-state index in [-0.39, 0.29) is 14.3 Å². The highest BCUT2D eigenvalue weighted by Gasteiger charge is 2.02. The van der Waals surface area contributed by atoms with Crippen molar-refractivity contribution < 1.29 is 5.11 Å². The molecular formula is C13H13OP. The quantitative estimate of drug-likeness (QED) is 0.696. The summed E-state index contributed by atoms with van der Waals surface area (Å²) < 4.78 is 0. The molecule has 1 unspecified atom stereocenters. The lowest BCUT2D eigenvalue weighted by Crippen LogP contribution is -2.03. The standard InChI is InChI=1S/C13H13OP/c1-10-2-6-12(7-3-10)15-13-8-4-11(14)5-9-13/h2-9,14-15H,1H3. The Morgan fingerprint density at radius 3 is 1.80 bits per heavy atom. The van der Waals surface area contributed by atoms with Crippen LogP contribution in [0, 0.1) is 6.92 Å². The van der Waals surface area contributed by atoms with Crippen molar-refractivity contribution in [2.45, 2.75) is 6.92 Å². The Kier molecular flexibility index (Phi) is 3.03. The Morgan fingerprint density at radius 1 is 0.800 bits per heavy atom. The van der Waals surface area contributed by atoms with Crippen LogP contribution in [0.5, 0.6) is 5.75 Å². The Hall–Kier alpha value is -1.33. The molecule has 0 radical (unpaired) electrons. The SMILES string of the molecule is Cc1ccc([PH2+]c2ccc([O-])cc2)cc1. The van der Waals surface area contributed by atoms with Crippen LogP contribution in [0.2, 0.25) is 0 Å². The number of rotatable bonds is 2. The molecule has 0 saturated carbocycles. The lowest BCUT2D eigenvalue weighted by atomic mass is 10.2. The number of hydrogen-bond acceptors (Lipinski definition) is 1. The molecule has 15 heavy (non-hydrogen) atoms. The minimum absolute atomic E-state index is 0.0852. The first kappa shape index (κ1) is 10.2. The van der Waals surface area contributed by atoms with Gasteiger partial charge in [-0.1, -0.05) is 29.8 Å². The Morgan fingerprint density at radius 2 is 1.27 bits per heavy atom. The summed E-state index contributed by atoms with van der Waals surface area (Å²) in [7, 11) is 0.113. The van der Waals surface area contributed by atoms with Crippen LogP contribution in [0.1, 0.15) is 5.56 Å². The predicted molar refractivity (Wildman–Crippen MR) is 66.0 cm³/mol. The van der Waals surface area contributed by atoms with E-state index in [0.717, 1.165) is 0 Å². The van der Waals surface area contributed by atoms with E-state index in [4.69, 9.17) is 0 Å². The second kappa shape index (κ2) is 4.46. The molecule has 0 bridgehead atoms. The summed E-state index contributed by atoms with van der Waals surface area (Å²) in [5.41, 5.74) is 1.29. The predicted octanol–water partition coefficient (Wildman–Crippen LogP) is 1.43. The molecule has 0 saturated heterocycles. The summed E-state index contributed by atoms with van der Waals surface area (Å²) >= 11 is 0. The first-order valence-corrected chi connectivity index (χ1v) is 6.08. The van der Waals surface area contributed by atoms with Crippen LogP contribution in [0.25, 0.3) is 0 Å². The highest BCUT2D eigenvalue weighted by atomic mass is 31.1. The van der Waals surface area contributed by atoms with Gasteiger partial charge in [0.15, 0.2) is 0 Å².